The summed E-state index contributed by atoms with van der Waals surface area (Å²) in [7, 11) is 0. The first-order chi connectivity index (χ1) is 10.7. The number of hydrogen-bond acceptors (Lipinski definition) is 2. The van der Waals surface area contributed by atoms with E-state index in [0.29, 0.717) is 0 Å². The highest BCUT2D eigenvalue weighted by Crippen LogP contribution is 2.36. The molecule has 2 aromatic carbocycles. The van der Waals surface area contributed by atoms with Crippen LogP contribution in [0.2, 0.25) is 0 Å². The van der Waals surface area contributed by atoms with Crippen LogP contribution < -0.4 is 4.90 Å². The third-order valence-corrected chi connectivity index (χ3v) is 4.23. The second-order valence-electron chi connectivity index (χ2n) is 5.79. The van der Waals surface area contributed by atoms with Crippen molar-refractivity contribution in [1.29, 1.82) is 0 Å². The van der Waals surface area contributed by atoms with Gasteiger partial charge in [0.25, 0.3) is 0 Å². The first-order valence-electron chi connectivity index (χ1n) is 7.51. The minimum absolute atomic E-state index is 0.0126. The van der Waals surface area contributed by atoms with E-state index in [1.807, 2.05) is 60.4 Å². The molecular weight excluding hydrogens is 272 g/mol. The van der Waals surface area contributed by atoms with E-state index >= 15 is 0 Å². The van der Waals surface area contributed by atoms with E-state index in [0.717, 1.165) is 28.7 Å². The number of rotatable bonds is 1. The maximum absolute atomic E-state index is 12.7. The largest absolute Gasteiger partial charge is 0.279 e. The molecule has 1 atom stereocenters. The topological polar surface area (TPSA) is 33.2 Å². The average Bonchev–Trinajstić information content (AvgIpc) is 2.56. The molecule has 0 bridgehead atoms. The fourth-order valence-corrected chi connectivity index (χ4v) is 3.11. The zero-order valence-corrected chi connectivity index (χ0v) is 12.4. The Hall–Kier alpha value is -2.68. The molecule has 0 aliphatic carbocycles. The molecule has 0 saturated carbocycles. The summed E-state index contributed by atoms with van der Waals surface area (Å²) in [5, 5.41) is 1.04. The molecule has 4 rings (SSSR count). The summed E-state index contributed by atoms with van der Waals surface area (Å²) in [5.41, 5.74) is 3.96. The summed E-state index contributed by atoms with van der Waals surface area (Å²) in [5.74, 6) is 0.122. The van der Waals surface area contributed by atoms with Gasteiger partial charge in [-0.25, -0.2) is 0 Å². The first kappa shape index (κ1) is 13.0. The predicted molar refractivity (Wildman–Crippen MR) is 88.2 cm³/mol. The van der Waals surface area contributed by atoms with Crippen LogP contribution >= 0.6 is 0 Å². The van der Waals surface area contributed by atoms with E-state index in [9.17, 15) is 4.79 Å². The fourth-order valence-electron chi connectivity index (χ4n) is 3.11. The van der Waals surface area contributed by atoms with Crippen LogP contribution in [0.25, 0.3) is 10.9 Å². The van der Waals surface area contributed by atoms with Gasteiger partial charge in [0, 0.05) is 11.3 Å². The van der Waals surface area contributed by atoms with E-state index in [1.54, 1.807) is 6.20 Å². The molecule has 1 amide bonds. The van der Waals surface area contributed by atoms with Crippen LogP contribution in [-0.2, 0) is 11.2 Å². The van der Waals surface area contributed by atoms with E-state index in [2.05, 4.69) is 11.1 Å². The molecule has 3 aromatic rings. The van der Waals surface area contributed by atoms with Crippen molar-refractivity contribution >= 4 is 28.2 Å². The lowest BCUT2D eigenvalue weighted by atomic mass is 9.92. The van der Waals surface area contributed by atoms with Crippen molar-refractivity contribution in [2.75, 3.05) is 4.90 Å². The van der Waals surface area contributed by atoms with Crippen molar-refractivity contribution in [2.24, 2.45) is 5.92 Å². The Kier molecular flexibility index (Phi) is 2.93. The highest BCUT2D eigenvalue weighted by Gasteiger charge is 2.30. The molecule has 1 aliphatic rings. The summed E-state index contributed by atoms with van der Waals surface area (Å²) in [6, 6.07) is 18.1. The second-order valence-corrected chi connectivity index (χ2v) is 5.79. The number of benzene rings is 2. The maximum atomic E-state index is 12.7. The van der Waals surface area contributed by atoms with Gasteiger partial charge in [-0.05, 0) is 30.2 Å². The van der Waals surface area contributed by atoms with Crippen molar-refractivity contribution in [3.8, 4) is 0 Å². The lowest BCUT2D eigenvalue weighted by Crippen LogP contribution is -2.36. The summed E-state index contributed by atoms with van der Waals surface area (Å²) in [6.07, 6.45) is 2.58. The lowest BCUT2D eigenvalue weighted by Gasteiger charge is -2.32. The zero-order valence-electron chi connectivity index (χ0n) is 12.4. The van der Waals surface area contributed by atoms with Gasteiger partial charge in [-0.2, -0.15) is 0 Å². The van der Waals surface area contributed by atoms with E-state index in [-0.39, 0.29) is 11.8 Å². The van der Waals surface area contributed by atoms with Gasteiger partial charge in [-0.3, -0.25) is 14.7 Å². The van der Waals surface area contributed by atoms with Crippen LogP contribution in [0.5, 0.6) is 0 Å². The number of carbonyl (C=O) groups excluding carboxylic acids is 1. The molecule has 1 aliphatic heterocycles. The van der Waals surface area contributed by atoms with Gasteiger partial charge in [0.2, 0.25) is 5.91 Å². The van der Waals surface area contributed by atoms with Crippen molar-refractivity contribution in [3.05, 3.63) is 66.4 Å². The van der Waals surface area contributed by atoms with Gasteiger partial charge < -0.3 is 0 Å². The number of amides is 1. The van der Waals surface area contributed by atoms with Crippen LogP contribution in [0.15, 0.2) is 60.8 Å². The summed E-state index contributed by atoms with van der Waals surface area (Å²) in [6.45, 7) is 1.99. The van der Waals surface area contributed by atoms with Crippen LogP contribution in [0.4, 0.5) is 11.4 Å². The smallest absolute Gasteiger partial charge is 0.234 e. The van der Waals surface area contributed by atoms with Gasteiger partial charge in [-0.1, -0.05) is 43.3 Å². The molecule has 0 radical (unpaired) electrons. The summed E-state index contributed by atoms with van der Waals surface area (Å²) >= 11 is 0. The van der Waals surface area contributed by atoms with Crippen LogP contribution in [0.1, 0.15) is 12.5 Å². The molecule has 1 unspecified atom stereocenters. The molecule has 22 heavy (non-hydrogen) atoms. The number of carbonyl (C=O) groups is 1. The molecule has 0 fully saturated rings. The van der Waals surface area contributed by atoms with Gasteiger partial charge in [-0.15, -0.1) is 0 Å². The number of nitrogens with zero attached hydrogens (tertiary/aromatic N) is 2. The zero-order chi connectivity index (χ0) is 15.1. The lowest BCUT2D eigenvalue weighted by molar-refractivity contribution is -0.121. The molecule has 0 saturated heterocycles. The monoisotopic (exact) mass is 288 g/mol. The molecule has 0 N–H and O–H groups in total. The van der Waals surface area contributed by atoms with Gasteiger partial charge in [0.05, 0.1) is 23.1 Å². The van der Waals surface area contributed by atoms with Crippen molar-refractivity contribution in [1.82, 2.24) is 4.98 Å². The number of pyridine rings is 1. The Bertz CT molecular complexity index is 872. The van der Waals surface area contributed by atoms with Crippen LogP contribution in [0, 0.1) is 5.92 Å². The SMILES string of the molecule is CC1Cc2ccccc2N(c2cnc3ccccc3c2)C1=O. The van der Waals surface area contributed by atoms with Crippen LogP contribution in [-0.4, -0.2) is 10.9 Å². The Morgan fingerprint density at radius 2 is 1.86 bits per heavy atom. The third kappa shape index (κ3) is 1.98. The fraction of sp³-hybridized carbons (Fsp3) is 0.158. The van der Waals surface area contributed by atoms with Crippen molar-refractivity contribution in [3.63, 3.8) is 0 Å². The normalized spacial score (nSPS) is 17.6. The standard InChI is InChI=1S/C19H16N2O/c1-13-10-15-7-3-5-9-18(15)21(19(13)22)16-11-14-6-2-4-8-17(14)20-12-16/h2-9,11-13H,10H2,1H3. The molecular formula is C19H16N2O. The van der Waals surface area contributed by atoms with Crippen LogP contribution in [0.3, 0.4) is 0 Å². The number of para-hydroxylation sites is 2. The average molecular weight is 288 g/mol. The molecule has 0 spiro atoms. The molecule has 108 valence electrons. The highest BCUT2D eigenvalue weighted by molar-refractivity contribution is 6.05. The Morgan fingerprint density at radius 3 is 2.77 bits per heavy atom. The first-order valence-corrected chi connectivity index (χ1v) is 7.51. The van der Waals surface area contributed by atoms with E-state index < -0.39 is 0 Å². The molecule has 3 heteroatoms. The summed E-state index contributed by atoms with van der Waals surface area (Å²) < 4.78 is 0. The van der Waals surface area contributed by atoms with E-state index in [1.165, 1.54) is 5.56 Å². The minimum atomic E-state index is -0.0126. The number of hydrogen-bond donors (Lipinski definition) is 0. The Labute approximate surface area is 129 Å². The van der Waals surface area contributed by atoms with Crippen molar-refractivity contribution in [2.45, 2.75) is 13.3 Å². The van der Waals surface area contributed by atoms with Gasteiger partial charge in [0.15, 0.2) is 0 Å². The summed E-state index contributed by atoms with van der Waals surface area (Å²) in [4.78, 5) is 19.0. The third-order valence-electron chi connectivity index (χ3n) is 4.23. The highest BCUT2D eigenvalue weighted by atomic mass is 16.2. The second kappa shape index (κ2) is 4.95. The number of aromatic nitrogens is 1. The predicted octanol–water partition coefficient (Wildman–Crippen LogP) is 4.09. The van der Waals surface area contributed by atoms with E-state index in [4.69, 9.17) is 0 Å². The van der Waals surface area contributed by atoms with Gasteiger partial charge >= 0.3 is 0 Å². The quantitative estimate of drug-likeness (QED) is 0.675. The Balaban J connectivity index is 1.90. The van der Waals surface area contributed by atoms with Crippen molar-refractivity contribution < 1.29 is 4.79 Å². The minimum Gasteiger partial charge on any atom is -0.279 e. The Morgan fingerprint density at radius 1 is 1.09 bits per heavy atom. The molecule has 2 heterocycles. The molecule has 1 aromatic heterocycles. The number of anilines is 2. The maximum Gasteiger partial charge on any atom is 0.234 e. The van der Waals surface area contributed by atoms with Gasteiger partial charge in [0.1, 0.15) is 0 Å². The number of fused-ring (bicyclic) bond motifs is 2. The molecule has 3 nitrogen and oxygen atoms in total.